The van der Waals surface area contributed by atoms with Crippen molar-refractivity contribution in [3.05, 3.63) is 66.5 Å². The average Bonchev–Trinajstić information content (AvgIpc) is 3.47. The maximum atomic E-state index is 12.7. The van der Waals surface area contributed by atoms with Crippen molar-refractivity contribution in [3.8, 4) is 28.1 Å². The van der Waals surface area contributed by atoms with Gasteiger partial charge >= 0.3 is 6.36 Å². The van der Waals surface area contributed by atoms with Crippen LogP contribution in [-0.4, -0.2) is 41.3 Å². The number of rotatable bonds is 5. The van der Waals surface area contributed by atoms with Crippen LogP contribution >= 0.6 is 0 Å². The summed E-state index contributed by atoms with van der Waals surface area (Å²) < 4.78 is 43.7. The first kappa shape index (κ1) is 19.8. The molecule has 5 aromatic rings. The van der Waals surface area contributed by atoms with Gasteiger partial charge in [-0.3, -0.25) is 9.78 Å². The van der Waals surface area contributed by atoms with Crippen LogP contribution in [0.3, 0.4) is 0 Å². The summed E-state index contributed by atoms with van der Waals surface area (Å²) in [6.07, 6.45) is 3.74. The van der Waals surface area contributed by atoms with Crippen LogP contribution in [0.4, 0.5) is 13.2 Å². The van der Waals surface area contributed by atoms with Crippen molar-refractivity contribution in [3.63, 3.8) is 0 Å². The first-order chi connectivity index (χ1) is 15.4. The van der Waals surface area contributed by atoms with Crippen LogP contribution in [0.5, 0.6) is 5.75 Å². The molecular weight excluding hydrogens is 423 g/mol. The standard InChI is InChI=1S/C21H16F3N7O/c1-12-15(8-27-30-12)17-9-26-20-19(29-17)16(7-25-20)14-6-28-31(11-14)10-13-4-2-3-5-18(13)32-21(22,23)24/h2-9,11H,10H2,1H3,(H,25,26)(H,27,30). The first-order valence-corrected chi connectivity index (χ1v) is 9.58. The summed E-state index contributed by atoms with van der Waals surface area (Å²) in [5.74, 6) is -0.255. The zero-order valence-corrected chi connectivity index (χ0v) is 16.7. The number of hydrogen-bond donors (Lipinski definition) is 2. The molecular formula is C21H16F3N7O. The summed E-state index contributed by atoms with van der Waals surface area (Å²) in [5, 5.41) is 11.2. The van der Waals surface area contributed by atoms with E-state index in [4.69, 9.17) is 4.98 Å². The summed E-state index contributed by atoms with van der Waals surface area (Å²) in [6, 6.07) is 5.99. The predicted octanol–water partition coefficient (Wildman–Crippen LogP) is 4.47. The second-order valence-corrected chi connectivity index (χ2v) is 7.15. The molecule has 0 aliphatic heterocycles. The summed E-state index contributed by atoms with van der Waals surface area (Å²) in [4.78, 5) is 12.2. The lowest BCUT2D eigenvalue weighted by Gasteiger charge is -2.13. The van der Waals surface area contributed by atoms with Gasteiger partial charge in [-0.1, -0.05) is 18.2 Å². The van der Waals surface area contributed by atoms with E-state index >= 15 is 0 Å². The molecule has 0 aliphatic carbocycles. The van der Waals surface area contributed by atoms with Gasteiger partial charge in [0.05, 0.1) is 30.8 Å². The smallest absolute Gasteiger partial charge is 0.405 e. The van der Waals surface area contributed by atoms with Crippen molar-refractivity contribution in [2.45, 2.75) is 19.8 Å². The van der Waals surface area contributed by atoms with Crippen molar-refractivity contribution in [2.75, 3.05) is 0 Å². The highest BCUT2D eigenvalue weighted by Crippen LogP contribution is 2.30. The SMILES string of the molecule is Cc1[nH]ncc1-c1cnc2[nH]cc(-c3cnn(Cc4ccccc4OC(F)(F)F)c3)c2n1. The Morgan fingerprint density at radius 3 is 2.72 bits per heavy atom. The van der Waals surface area contributed by atoms with Gasteiger partial charge in [-0.2, -0.15) is 10.2 Å². The number of aryl methyl sites for hydroxylation is 1. The topological polar surface area (TPSA) is 97.3 Å². The van der Waals surface area contributed by atoms with Gasteiger partial charge in [-0.25, -0.2) is 9.97 Å². The molecule has 5 rings (SSSR count). The number of alkyl halides is 3. The number of hydrogen-bond acceptors (Lipinski definition) is 5. The van der Waals surface area contributed by atoms with E-state index in [2.05, 4.69) is 30.0 Å². The highest BCUT2D eigenvalue weighted by molar-refractivity contribution is 5.91. The van der Waals surface area contributed by atoms with Crippen LogP contribution < -0.4 is 4.74 Å². The second kappa shape index (κ2) is 7.52. The third-order valence-corrected chi connectivity index (χ3v) is 4.96. The number of nitrogens with zero attached hydrogens (tertiary/aromatic N) is 5. The van der Waals surface area contributed by atoms with Crippen molar-refractivity contribution >= 4 is 11.2 Å². The van der Waals surface area contributed by atoms with Gasteiger partial charge in [-0.05, 0) is 13.0 Å². The molecule has 0 saturated carbocycles. The Hall–Kier alpha value is -4.15. The van der Waals surface area contributed by atoms with Crippen LogP contribution in [0, 0.1) is 6.92 Å². The number of fused-ring (bicyclic) bond motifs is 1. The number of aromatic nitrogens is 7. The fraction of sp³-hybridized carbons (Fsp3) is 0.143. The fourth-order valence-electron chi connectivity index (χ4n) is 3.47. The van der Waals surface area contributed by atoms with E-state index in [1.807, 2.05) is 6.92 Å². The van der Waals surface area contributed by atoms with Crippen LogP contribution in [0.2, 0.25) is 0 Å². The summed E-state index contributed by atoms with van der Waals surface area (Å²) in [6.45, 7) is 2.01. The lowest BCUT2D eigenvalue weighted by molar-refractivity contribution is -0.274. The number of aromatic amines is 2. The van der Waals surface area contributed by atoms with E-state index in [0.717, 1.165) is 22.4 Å². The Labute approximate surface area is 179 Å². The molecule has 0 radical (unpaired) electrons. The monoisotopic (exact) mass is 439 g/mol. The van der Waals surface area contributed by atoms with E-state index in [0.29, 0.717) is 22.4 Å². The van der Waals surface area contributed by atoms with Gasteiger partial charge in [0.2, 0.25) is 0 Å². The van der Waals surface area contributed by atoms with Crippen LogP contribution in [0.25, 0.3) is 33.5 Å². The molecule has 0 saturated heterocycles. The largest absolute Gasteiger partial charge is 0.573 e. The zero-order chi connectivity index (χ0) is 22.3. The Morgan fingerprint density at radius 2 is 1.94 bits per heavy atom. The maximum Gasteiger partial charge on any atom is 0.573 e. The third kappa shape index (κ3) is 3.80. The van der Waals surface area contributed by atoms with Crippen molar-refractivity contribution in [1.82, 2.24) is 34.9 Å². The number of nitrogens with one attached hydrogen (secondary N) is 2. The minimum absolute atomic E-state index is 0.111. The van der Waals surface area contributed by atoms with E-state index in [9.17, 15) is 13.2 Å². The molecule has 11 heteroatoms. The van der Waals surface area contributed by atoms with Gasteiger partial charge in [0.15, 0.2) is 5.65 Å². The number of ether oxygens (including phenoxy) is 1. The molecule has 0 fully saturated rings. The molecule has 0 bridgehead atoms. The average molecular weight is 439 g/mol. The minimum Gasteiger partial charge on any atom is -0.405 e. The molecule has 4 heterocycles. The normalized spacial score (nSPS) is 11.9. The Balaban J connectivity index is 1.46. The van der Waals surface area contributed by atoms with E-state index in [1.165, 1.54) is 12.1 Å². The quantitative estimate of drug-likeness (QED) is 0.421. The van der Waals surface area contributed by atoms with E-state index < -0.39 is 6.36 Å². The van der Waals surface area contributed by atoms with Crippen LogP contribution in [-0.2, 0) is 6.54 Å². The molecule has 8 nitrogen and oxygen atoms in total. The molecule has 4 aromatic heterocycles. The van der Waals surface area contributed by atoms with Gasteiger partial charge in [0.1, 0.15) is 11.3 Å². The van der Waals surface area contributed by atoms with Crippen LogP contribution in [0.1, 0.15) is 11.3 Å². The number of para-hydroxylation sites is 1. The van der Waals surface area contributed by atoms with E-state index in [1.54, 1.807) is 47.8 Å². The minimum atomic E-state index is -4.76. The lowest BCUT2D eigenvalue weighted by atomic mass is 10.1. The van der Waals surface area contributed by atoms with E-state index in [-0.39, 0.29) is 12.3 Å². The van der Waals surface area contributed by atoms with Crippen molar-refractivity contribution in [2.24, 2.45) is 0 Å². The predicted molar refractivity (Wildman–Crippen MR) is 110 cm³/mol. The number of halogens is 3. The van der Waals surface area contributed by atoms with Gasteiger partial charge in [-0.15, -0.1) is 13.2 Å². The third-order valence-electron chi connectivity index (χ3n) is 4.96. The Morgan fingerprint density at radius 1 is 1.09 bits per heavy atom. The highest BCUT2D eigenvalue weighted by atomic mass is 19.4. The fourth-order valence-corrected chi connectivity index (χ4v) is 3.47. The number of H-pyrrole nitrogens is 2. The van der Waals surface area contributed by atoms with Gasteiger partial charge in [0, 0.05) is 40.3 Å². The molecule has 2 N–H and O–H groups in total. The molecule has 32 heavy (non-hydrogen) atoms. The molecule has 0 aliphatic rings. The van der Waals surface area contributed by atoms with Gasteiger partial charge in [0.25, 0.3) is 0 Å². The molecule has 1 aromatic carbocycles. The molecule has 0 atom stereocenters. The molecule has 0 spiro atoms. The summed E-state index contributed by atoms with van der Waals surface area (Å²) in [5.41, 5.74) is 5.56. The molecule has 0 unspecified atom stereocenters. The van der Waals surface area contributed by atoms with Crippen molar-refractivity contribution < 1.29 is 17.9 Å². The highest BCUT2D eigenvalue weighted by Gasteiger charge is 2.32. The maximum absolute atomic E-state index is 12.7. The summed E-state index contributed by atoms with van der Waals surface area (Å²) in [7, 11) is 0. The van der Waals surface area contributed by atoms with Gasteiger partial charge < -0.3 is 9.72 Å². The lowest BCUT2D eigenvalue weighted by Crippen LogP contribution is -2.18. The molecule has 162 valence electrons. The zero-order valence-electron chi connectivity index (χ0n) is 16.7. The Kier molecular flexibility index (Phi) is 4.65. The first-order valence-electron chi connectivity index (χ1n) is 9.58. The number of benzene rings is 1. The Bertz CT molecular complexity index is 1400. The van der Waals surface area contributed by atoms with Crippen LogP contribution in [0.15, 0.2) is 55.2 Å². The van der Waals surface area contributed by atoms with Crippen molar-refractivity contribution in [1.29, 1.82) is 0 Å². The molecule has 0 amide bonds. The summed E-state index contributed by atoms with van der Waals surface area (Å²) >= 11 is 0. The second-order valence-electron chi connectivity index (χ2n) is 7.15.